The standard InChI is InChI=1S/C17H18BrNOS/c18-15-9-12(7-8-19)5-6-16(15)20-10-13-11-21-17-4-2-1-3-14(13)17/h1-6,9,13H,7-8,10-11,19H2. The zero-order chi connectivity index (χ0) is 14.7. The van der Waals surface area contributed by atoms with E-state index in [0.717, 1.165) is 29.0 Å². The number of hydrogen-bond donors (Lipinski definition) is 1. The zero-order valence-electron chi connectivity index (χ0n) is 11.7. The normalized spacial score (nSPS) is 16.8. The summed E-state index contributed by atoms with van der Waals surface area (Å²) in [5.74, 6) is 2.48. The number of rotatable bonds is 5. The van der Waals surface area contributed by atoms with Gasteiger partial charge in [-0.25, -0.2) is 0 Å². The molecule has 4 heteroatoms. The van der Waals surface area contributed by atoms with Crippen LogP contribution in [0.25, 0.3) is 0 Å². The second-order valence-corrected chi connectivity index (χ2v) is 7.08. The van der Waals surface area contributed by atoms with Crippen LogP contribution in [0.15, 0.2) is 51.8 Å². The second kappa shape index (κ2) is 6.86. The summed E-state index contributed by atoms with van der Waals surface area (Å²) in [7, 11) is 0. The van der Waals surface area contributed by atoms with E-state index in [1.807, 2.05) is 17.8 Å². The molecule has 1 atom stereocenters. The van der Waals surface area contributed by atoms with Crippen molar-refractivity contribution in [2.45, 2.75) is 17.2 Å². The van der Waals surface area contributed by atoms with E-state index in [-0.39, 0.29) is 0 Å². The van der Waals surface area contributed by atoms with Crippen LogP contribution in [0.2, 0.25) is 0 Å². The summed E-state index contributed by atoms with van der Waals surface area (Å²) < 4.78 is 7.03. The summed E-state index contributed by atoms with van der Waals surface area (Å²) in [5, 5.41) is 0. The maximum absolute atomic E-state index is 6.02. The number of thioether (sulfide) groups is 1. The quantitative estimate of drug-likeness (QED) is 0.863. The topological polar surface area (TPSA) is 35.2 Å². The Balaban J connectivity index is 1.66. The molecule has 2 aromatic carbocycles. The number of ether oxygens (including phenoxy) is 1. The Kier molecular flexibility index (Phi) is 4.88. The fourth-order valence-corrected chi connectivity index (χ4v) is 4.31. The van der Waals surface area contributed by atoms with Crippen molar-refractivity contribution in [3.8, 4) is 5.75 Å². The molecule has 1 aliphatic heterocycles. The molecule has 0 spiro atoms. The van der Waals surface area contributed by atoms with Crippen LogP contribution >= 0.6 is 27.7 Å². The maximum Gasteiger partial charge on any atom is 0.133 e. The molecule has 1 unspecified atom stereocenters. The van der Waals surface area contributed by atoms with E-state index in [1.54, 1.807) is 0 Å². The number of benzene rings is 2. The predicted octanol–water partition coefficient (Wildman–Crippen LogP) is 4.22. The van der Waals surface area contributed by atoms with Gasteiger partial charge >= 0.3 is 0 Å². The third-order valence-corrected chi connectivity index (χ3v) is 5.54. The molecule has 0 saturated carbocycles. The Morgan fingerprint density at radius 1 is 1.24 bits per heavy atom. The molecule has 0 radical (unpaired) electrons. The van der Waals surface area contributed by atoms with Crippen LogP contribution < -0.4 is 10.5 Å². The fraction of sp³-hybridized carbons (Fsp3) is 0.294. The molecule has 1 heterocycles. The van der Waals surface area contributed by atoms with Gasteiger partial charge in [-0.1, -0.05) is 24.3 Å². The number of nitrogens with two attached hydrogens (primary N) is 1. The summed E-state index contributed by atoms with van der Waals surface area (Å²) in [6.07, 6.45) is 0.894. The molecular formula is C17H18BrNOS. The van der Waals surface area contributed by atoms with Gasteiger partial charge in [0.2, 0.25) is 0 Å². The van der Waals surface area contributed by atoms with Gasteiger partial charge in [0, 0.05) is 16.6 Å². The maximum atomic E-state index is 6.02. The molecule has 0 bridgehead atoms. The van der Waals surface area contributed by atoms with Gasteiger partial charge in [0.05, 0.1) is 11.1 Å². The minimum absolute atomic E-state index is 0.474. The average Bonchev–Trinajstić information content (AvgIpc) is 2.90. The SMILES string of the molecule is NCCc1ccc(OCC2CSc3ccccc32)c(Br)c1. The lowest BCUT2D eigenvalue weighted by Gasteiger charge is -2.14. The summed E-state index contributed by atoms with van der Waals surface area (Å²) in [4.78, 5) is 1.39. The lowest BCUT2D eigenvalue weighted by atomic mass is 10.0. The van der Waals surface area contributed by atoms with Gasteiger partial charge in [-0.05, 0) is 58.2 Å². The van der Waals surface area contributed by atoms with Crippen molar-refractivity contribution in [1.82, 2.24) is 0 Å². The molecular weight excluding hydrogens is 346 g/mol. The molecule has 0 fully saturated rings. The van der Waals surface area contributed by atoms with Crippen molar-refractivity contribution < 1.29 is 4.74 Å². The van der Waals surface area contributed by atoms with Crippen LogP contribution in [0.4, 0.5) is 0 Å². The highest BCUT2D eigenvalue weighted by Gasteiger charge is 2.23. The first-order chi connectivity index (χ1) is 10.3. The number of halogens is 1. The molecule has 1 aliphatic rings. The first-order valence-electron chi connectivity index (χ1n) is 7.11. The fourth-order valence-electron chi connectivity index (χ4n) is 2.54. The monoisotopic (exact) mass is 363 g/mol. The minimum Gasteiger partial charge on any atom is -0.492 e. The van der Waals surface area contributed by atoms with Crippen LogP contribution in [0.1, 0.15) is 17.0 Å². The van der Waals surface area contributed by atoms with Crippen LogP contribution in [-0.4, -0.2) is 18.9 Å². The highest BCUT2D eigenvalue weighted by atomic mass is 79.9. The van der Waals surface area contributed by atoms with Gasteiger partial charge in [-0.2, -0.15) is 0 Å². The molecule has 2 N–H and O–H groups in total. The third-order valence-electron chi connectivity index (χ3n) is 3.67. The summed E-state index contributed by atoms with van der Waals surface area (Å²) in [6.45, 7) is 1.39. The highest BCUT2D eigenvalue weighted by Crippen LogP contribution is 2.39. The van der Waals surface area contributed by atoms with E-state index in [0.29, 0.717) is 12.5 Å². The minimum atomic E-state index is 0.474. The zero-order valence-corrected chi connectivity index (χ0v) is 14.1. The first kappa shape index (κ1) is 14.9. The van der Waals surface area contributed by atoms with E-state index >= 15 is 0 Å². The van der Waals surface area contributed by atoms with Crippen molar-refractivity contribution in [2.24, 2.45) is 5.73 Å². The highest BCUT2D eigenvalue weighted by molar-refractivity contribution is 9.10. The predicted molar refractivity (Wildman–Crippen MR) is 92.3 cm³/mol. The van der Waals surface area contributed by atoms with E-state index in [1.165, 1.54) is 16.0 Å². The summed E-state index contributed by atoms with van der Waals surface area (Å²) >= 11 is 5.51. The van der Waals surface area contributed by atoms with Gasteiger partial charge in [-0.3, -0.25) is 0 Å². The molecule has 0 amide bonds. The Morgan fingerprint density at radius 2 is 2.10 bits per heavy atom. The molecule has 110 valence electrons. The van der Waals surface area contributed by atoms with Gasteiger partial charge in [0.1, 0.15) is 5.75 Å². The first-order valence-corrected chi connectivity index (χ1v) is 8.89. The van der Waals surface area contributed by atoms with E-state index in [9.17, 15) is 0 Å². The Labute approximate surface area is 138 Å². The van der Waals surface area contributed by atoms with E-state index in [4.69, 9.17) is 10.5 Å². The average molecular weight is 364 g/mol. The van der Waals surface area contributed by atoms with Crippen LogP contribution in [0.5, 0.6) is 5.75 Å². The molecule has 3 rings (SSSR count). The lowest BCUT2D eigenvalue weighted by molar-refractivity contribution is 0.296. The van der Waals surface area contributed by atoms with Gasteiger partial charge in [0.25, 0.3) is 0 Å². The molecule has 0 saturated heterocycles. The Morgan fingerprint density at radius 3 is 2.90 bits per heavy atom. The number of fused-ring (bicyclic) bond motifs is 1. The van der Waals surface area contributed by atoms with Crippen LogP contribution in [0.3, 0.4) is 0 Å². The molecule has 0 aliphatic carbocycles. The molecule has 2 nitrogen and oxygen atoms in total. The van der Waals surface area contributed by atoms with E-state index in [2.05, 4.69) is 52.3 Å². The van der Waals surface area contributed by atoms with E-state index < -0.39 is 0 Å². The second-order valence-electron chi connectivity index (χ2n) is 5.16. The van der Waals surface area contributed by atoms with Crippen molar-refractivity contribution in [2.75, 3.05) is 18.9 Å². The summed E-state index contributed by atoms with van der Waals surface area (Å²) in [6, 6.07) is 14.8. The van der Waals surface area contributed by atoms with Crippen molar-refractivity contribution in [3.05, 3.63) is 58.1 Å². The van der Waals surface area contributed by atoms with Crippen molar-refractivity contribution in [3.63, 3.8) is 0 Å². The molecule has 21 heavy (non-hydrogen) atoms. The summed E-state index contributed by atoms with van der Waals surface area (Å²) in [5.41, 5.74) is 8.24. The number of hydrogen-bond acceptors (Lipinski definition) is 3. The third kappa shape index (κ3) is 3.44. The largest absolute Gasteiger partial charge is 0.492 e. The lowest BCUT2D eigenvalue weighted by Crippen LogP contribution is -2.10. The van der Waals surface area contributed by atoms with Gasteiger partial charge in [0.15, 0.2) is 0 Å². The molecule has 2 aromatic rings. The van der Waals surface area contributed by atoms with Crippen molar-refractivity contribution >= 4 is 27.7 Å². The van der Waals surface area contributed by atoms with Crippen LogP contribution in [-0.2, 0) is 6.42 Å². The van der Waals surface area contributed by atoms with Crippen molar-refractivity contribution in [1.29, 1.82) is 0 Å². The molecule has 0 aromatic heterocycles. The smallest absolute Gasteiger partial charge is 0.133 e. The van der Waals surface area contributed by atoms with Gasteiger partial charge in [-0.15, -0.1) is 11.8 Å². The van der Waals surface area contributed by atoms with Crippen LogP contribution in [0, 0.1) is 0 Å². The Hall–Kier alpha value is -0.970. The van der Waals surface area contributed by atoms with Gasteiger partial charge < -0.3 is 10.5 Å². The Bertz CT molecular complexity index is 632.